The minimum absolute atomic E-state index is 0.259. The number of aromatic nitrogens is 2. The fourth-order valence-electron chi connectivity index (χ4n) is 3.02. The molecular formula is C27H43BrFN5O. The lowest BCUT2D eigenvalue weighted by molar-refractivity contribution is -0.119. The predicted molar refractivity (Wildman–Crippen MR) is 151 cm³/mol. The van der Waals surface area contributed by atoms with Crippen molar-refractivity contribution in [2.24, 2.45) is 0 Å². The second kappa shape index (κ2) is 20.7. The lowest BCUT2D eigenvalue weighted by Crippen LogP contribution is -2.43. The average molecular weight is 553 g/mol. The SMILES string of the molecule is CC.CC/C=C\C=C/Cc1c(Br)c(N)nn1CCC.C\C=C/C(F)=C\C=C\N1CCN(C=O)CC1. The number of nitrogens with two attached hydrogens (primary N) is 1. The van der Waals surface area contributed by atoms with E-state index in [9.17, 15) is 9.18 Å². The Hall–Kier alpha value is -2.61. The Labute approximate surface area is 219 Å². The molecule has 1 fully saturated rings. The number of carbonyl (C=O) groups excluding carboxylic acids is 1. The van der Waals surface area contributed by atoms with Gasteiger partial charge in [0.15, 0.2) is 5.82 Å². The summed E-state index contributed by atoms with van der Waals surface area (Å²) >= 11 is 3.49. The number of amides is 1. The zero-order chi connectivity index (χ0) is 26.5. The third-order valence-corrected chi connectivity index (χ3v) is 5.62. The number of anilines is 1. The van der Waals surface area contributed by atoms with Gasteiger partial charge in [0.2, 0.25) is 6.41 Å². The van der Waals surface area contributed by atoms with Gasteiger partial charge in [0, 0.05) is 39.1 Å². The van der Waals surface area contributed by atoms with E-state index in [1.165, 1.54) is 12.2 Å². The zero-order valence-corrected chi connectivity index (χ0v) is 23.5. The predicted octanol–water partition coefficient (Wildman–Crippen LogP) is 6.43. The number of carbonyl (C=O) groups is 1. The summed E-state index contributed by atoms with van der Waals surface area (Å²) in [4.78, 5) is 14.3. The molecule has 35 heavy (non-hydrogen) atoms. The number of hydrogen-bond donors (Lipinski definition) is 1. The highest BCUT2D eigenvalue weighted by Gasteiger charge is 2.12. The molecule has 0 unspecified atom stereocenters. The lowest BCUT2D eigenvalue weighted by Gasteiger charge is -2.31. The van der Waals surface area contributed by atoms with Crippen LogP contribution in [0.2, 0.25) is 0 Å². The molecular weight excluding hydrogens is 509 g/mol. The van der Waals surface area contributed by atoms with Gasteiger partial charge in [0.05, 0.1) is 10.2 Å². The van der Waals surface area contributed by atoms with Gasteiger partial charge in [0.25, 0.3) is 0 Å². The normalized spacial score (nSPS) is 14.5. The Kier molecular flexibility index (Phi) is 19.2. The zero-order valence-electron chi connectivity index (χ0n) is 22.0. The van der Waals surface area contributed by atoms with Crippen LogP contribution >= 0.6 is 15.9 Å². The van der Waals surface area contributed by atoms with Crippen molar-refractivity contribution < 1.29 is 9.18 Å². The third-order valence-electron chi connectivity index (χ3n) is 4.76. The first-order chi connectivity index (χ1) is 17.0. The molecule has 0 saturated carbocycles. The Balaban J connectivity index is 0.000000618. The quantitative estimate of drug-likeness (QED) is 0.268. The molecule has 1 amide bonds. The van der Waals surface area contributed by atoms with Crippen LogP contribution < -0.4 is 5.73 Å². The maximum absolute atomic E-state index is 12.9. The summed E-state index contributed by atoms with van der Waals surface area (Å²) in [6, 6.07) is 0. The summed E-state index contributed by atoms with van der Waals surface area (Å²) in [5, 5.41) is 4.31. The molecule has 2 rings (SSSR count). The number of nitrogens with zero attached hydrogens (tertiary/aromatic N) is 4. The summed E-state index contributed by atoms with van der Waals surface area (Å²) in [5.74, 6) is 0.316. The number of halogens is 2. The van der Waals surface area contributed by atoms with E-state index in [0.29, 0.717) is 5.82 Å². The molecule has 0 bridgehead atoms. The van der Waals surface area contributed by atoms with Crippen LogP contribution in [0.5, 0.6) is 0 Å². The van der Waals surface area contributed by atoms with Crippen molar-refractivity contribution in [1.82, 2.24) is 19.6 Å². The standard InChI is InChI=1S/C13H20BrN3.C12H17FN2O.C2H6/c1-3-5-6-7-8-9-11-12(14)13(15)16-17(11)10-4-2;1-2-4-12(13)5-3-6-14-7-9-15(11-16)10-8-14;1-2/h5-8H,3-4,9-10H2,1-2H3,(H2,15,16);2-6,11H,7-10H2,1H3;1-2H3/b6-5-,8-7-;4-2-,6-3+,12-5+;. The first-order valence-corrected chi connectivity index (χ1v) is 13.2. The molecule has 1 aliphatic rings. The Morgan fingerprint density at radius 2 is 1.71 bits per heavy atom. The third kappa shape index (κ3) is 13.8. The van der Waals surface area contributed by atoms with Gasteiger partial charge in [0.1, 0.15) is 5.83 Å². The molecule has 1 aromatic rings. The number of piperazine rings is 1. The number of aryl methyl sites for hydroxylation is 1. The van der Waals surface area contributed by atoms with Crippen molar-refractivity contribution in [3.63, 3.8) is 0 Å². The van der Waals surface area contributed by atoms with E-state index >= 15 is 0 Å². The fourth-order valence-corrected chi connectivity index (χ4v) is 3.47. The molecule has 0 radical (unpaired) electrons. The molecule has 2 N–H and O–H groups in total. The molecule has 196 valence electrons. The highest BCUT2D eigenvalue weighted by molar-refractivity contribution is 9.10. The fraction of sp³-hybridized carbons (Fsp3) is 0.481. The maximum Gasteiger partial charge on any atom is 0.209 e. The monoisotopic (exact) mass is 551 g/mol. The summed E-state index contributed by atoms with van der Waals surface area (Å²) in [6.07, 6.45) is 20.2. The molecule has 0 aliphatic carbocycles. The summed E-state index contributed by atoms with van der Waals surface area (Å²) in [7, 11) is 0. The van der Waals surface area contributed by atoms with Gasteiger partial charge >= 0.3 is 0 Å². The van der Waals surface area contributed by atoms with Gasteiger partial charge in [-0.3, -0.25) is 9.48 Å². The topological polar surface area (TPSA) is 67.4 Å². The Morgan fingerprint density at radius 3 is 2.29 bits per heavy atom. The highest BCUT2D eigenvalue weighted by atomic mass is 79.9. The van der Waals surface area contributed by atoms with Gasteiger partial charge in [-0.2, -0.15) is 5.10 Å². The number of allylic oxidation sites excluding steroid dienone is 9. The number of rotatable bonds is 10. The second-order valence-corrected chi connectivity index (χ2v) is 8.20. The van der Waals surface area contributed by atoms with Crippen LogP contribution in [0.3, 0.4) is 0 Å². The van der Waals surface area contributed by atoms with Crippen molar-refractivity contribution in [2.45, 2.75) is 60.4 Å². The van der Waals surface area contributed by atoms with Gasteiger partial charge in [-0.15, -0.1) is 0 Å². The van der Waals surface area contributed by atoms with Crippen molar-refractivity contribution in [3.8, 4) is 0 Å². The van der Waals surface area contributed by atoms with E-state index in [2.05, 4.69) is 64.1 Å². The van der Waals surface area contributed by atoms with Gasteiger partial charge in [-0.05, 0) is 60.1 Å². The van der Waals surface area contributed by atoms with Crippen LogP contribution in [0, 0.1) is 0 Å². The van der Waals surface area contributed by atoms with E-state index in [-0.39, 0.29) is 5.83 Å². The van der Waals surface area contributed by atoms with Crippen molar-refractivity contribution in [1.29, 1.82) is 0 Å². The van der Waals surface area contributed by atoms with Crippen LogP contribution in [0.4, 0.5) is 10.2 Å². The molecule has 1 aromatic heterocycles. The van der Waals surface area contributed by atoms with E-state index in [1.54, 1.807) is 24.0 Å². The van der Waals surface area contributed by atoms with E-state index in [0.717, 1.165) is 68.6 Å². The van der Waals surface area contributed by atoms with Crippen molar-refractivity contribution in [3.05, 3.63) is 70.8 Å². The average Bonchev–Trinajstić information content (AvgIpc) is 3.14. The summed E-state index contributed by atoms with van der Waals surface area (Å²) in [6.45, 7) is 14.0. The molecule has 8 heteroatoms. The van der Waals surface area contributed by atoms with E-state index in [4.69, 9.17) is 5.73 Å². The van der Waals surface area contributed by atoms with Crippen molar-refractivity contribution >= 4 is 28.2 Å². The molecule has 1 saturated heterocycles. The molecule has 2 heterocycles. The van der Waals surface area contributed by atoms with Crippen LogP contribution in [-0.4, -0.2) is 52.2 Å². The van der Waals surface area contributed by atoms with Gasteiger partial charge < -0.3 is 15.5 Å². The Morgan fingerprint density at radius 1 is 1.09 bits per heavy atom. The van der Waals surface area contributed by atoms with Crippen LogP contribution in [-0.2, 0) is 17.8 Å². The van der Waals surface area contributed by atoms with E-state index < -0.39 is 0 Å². The molecule has 1 aliphatic heterocycles. The van der Waals surface area contributed by atoms with Crippen LogP contribution in [0.1, 0.15) is 53.2 Å². The first-order valence-electron chi connectivity index (χ1n) is 12.4. The first kappa shape index (κ1) is 32.4. The number of hydrogen-bond acceptors (Lipinski definition) is 4. The smallest absolute Gasteiger partial charge is 0.209 e. The maximum atomic E-state index is 12.9. The lowest BCUT2D eigenvalue weighted by atomic mass is 10.2. The second-order valence-electron chi connectivity index (χ2n) is 7.41. The van der Waals surface area contributed by atoms with E-state index in [1.807, 2.05) is 24.7 Å². The summed E-state index contributed by atoms with van der Waals surface area (Å²) < 4.78 is 15.8. The minimum Gasteiger partial charge on any atom is -0.381 e. The largest absolute Gasteiger partial charge is 0.381 e. The molecule has 0 aromatic carbocycles. The van der Waals surface area contributed by atoms with Crippen LogP contribution in [0.15, 0.2) is 65.1 Å². The van der Waals surface area contributed by atoms with Gasteiger partial charge in [-0.25, -0.2) is 4.39 Å². The van der Waals surface area contributed by atoms with Crippen molar-refractivity contribution in [2.75, 3.05) is 31.9 Å². The molecule has 0 atom stereocenters. The van der Waals surface area contributed by atoms with Crippen LogP contribution in [0.25, 0.3) is 0 Å². The molecule has 0 spiro atoms. The highest BCUT2D eigenvalue weighted by Crippen LogP contribution is 2.24. The Bertz CT molecular complexity index is 850. The minimum atomic E-state index is -0.259. The van der Waals surface area contributed by atoms with Gasteiger partial charge in [-0.1, -0.05) is 58.1 Å². The number of nitrogen functional groups attached to an aromatic ring is 1. The summed E-state index contributed by atoms with van der Waals surface area (Å²) in [5.41, 5.74) is 6.95. The molecule has 6 nitrogen and oxygen atoms in total.